The smallest absolute Gasteiger partial charge is 0.140 e. The van der Waals surface area contributed by atoms with Gasteiger partial charge < -0.3 is 4.74 Å². The third-order valence-electron chi connectivity index (χ3n) is 6.70. The van der Waals surface area contributed by atoms with E-state index < -0.39 is 0 Å². The van der Waals surface area contributed by atoms with Gasteiger partial charge in [-0.15, -0.1) is 0 Å². The maximum absolute atomic E-state index is 6.84. The highest BCUT2D eigenvalue weighted by Gasteiger charge is 2.28. The molecule has 2 heteroatoms. The zero-order valence-corrected chi connectivity index (χ0v) is 22.7. The molecule has 1 aliphatic heterocycles. The van der Waals surface area contributed by atoms with Crippen LogP contribution in [0, 0.1) is 16.7 Å². The molecule has 182 valence electrons. The predicted molar refractivity (Wildman–Crippen MR) is 150 cm³/mol. The maximum atomic E-state index is 6.84. The topological polar surface area (TPSA) is 22.1 Å². The summed E-state index contributed by atoms with van der Waals surface area (Å²) in [5.74, 6) is 2.57. The zero-order chi connectivity index (χ0) is 25.1. The minimum Gasteiger partial charge on any atom is -0.456 e. The molecular formula is C33H39NO. The standard InChI is InChI=1S/C33H39NO/c1-20(2)13-21-9-10-25-24(14-21)17-26-30-29-23(11-12-34-30)15-22(18-32(3,4)5)16-28(29)35-31(26)27(25)19-33(6,7)8/h9-12,14-17,20H,13,18-19H2,1-8H3. The monoisotopic (exact) mass is 465 g/mol. The molecule has 0 unspecified atom stereocenters. The molecular weight excluding hydrogens is 426 g/mol. The van der Waals surface area contributed by atoms with Gasteiger partial charge in [-0.2, -0.15) is 0 Å². The number of benzene rings is 3. The molecule has 0 saturated carbocycles. The van der Waals surface area contributed by atoms with Crippen LogP contribution in [0.1, 0.15) is 72.1 Å². The van der Waals surface area contributed by atoms with Gasteiger partial charge in [-0.1, -0.05) is 79.7 Å². The van der Waals surface area contributed by atoms with E-state index in [1.54, 1.807) is 0 Å². The first-order chi connectivity index (χ1) is 16.4. The summed E-state index contributed by atoms with van der Waals surface area (Å²) < 4.78 is 6.84. The Morgan fingerprint density at radius 2 is 1.51 bits per heavy atom. The Kier molecular flexibility index (Phi) is 5.70. The summed E-state index contributed by atoms with van der Waals surface area (Å²) in [7, 11) is 0. The molecule has 0 saturated heterocycles. The molecule has 2 nitrogen and oxygen atoms in total. The van der Waals surface area contributed by atoms with Crippen molar-refractivity contribution < 1.29 is 4.74 Å². The summed E-state index contributed by atoms with van der Waals surface area (Å²) in [6.45, 7) is 18.4. The van der Waals surface area contributed by atoms with Gasteiger partial charge in [0.25, 0.3) is 0 Å². The van der Waals surface area contributed by atoms with Gasteiger partial charge >= 0.3 is 0 Å². The minimum absolute atomic E-state index is 0.135. The van der Waals surface area contributed by atoms with Gasteiger partial charge in [-0.3, -0.25) is 4.98 Å². The van der Waals surface area contributed by atoms with Crippen molar-refractivity contribution in [1.29, 1.82) is 0 Å². The lowest BCUT2D eigenvalue weighted by Gasteiger charge is -2.28. The lowest BCUT2D eigenvalue weighted by atomic mass is 9.82. The second kappa shape index (κ2) is 8.36. The molecule has 2 heterocycles. The van der Waals surface area contributed by atoms with Crippen molar-refractivity contribution in [2.45, 2.75) is 74.7 Å². The van der Waals surface area contributed by atoms with Crippen LogP contribution >= 0.6 is 0 Å². The summed E-state index contributed by atoms with van der Waals surface area (Å²) in [4.78, 5) is 4.92. The SMILES string of the molecule is CC(C)Cc1ccc2c(CC(C)(C)C)c3c(cc2c1)-c1nccc2cc(CC(C)(C)C)cc(c12)O3. The van der Waals surface area contributed by atoms with Gasteiger partial charge in [-0.25, -0.2) is 0 Å². The summed E-state index contributed by atoms with van der Waals surface area (Å²) in [5, 5.41) is 4.93. The summed E-state index contributed by atoms with van der Waals surface area (Å²) >= 11 is 0. The molecule has 35 heavy (non-hydrogen) atoms. The van der Waals surface area contributed by atoms with Gasteiger partial charge in [0.15, 0.2) is 0 Å². The van der Waals surface area contributed by atoms with Gasteiger partial charge in [0, 0.05) is 17.3 Å². The molecule has 0 N–H and O–H groups in total. The Balaban J connectivity index is 1.78. The van der Waals surface area contributed by atoms with Crippen molar-refractivity contribution in [3.8, 4) is 22.8 Å². The fraction of sp³-hybridized carbons (Fsp3) is 0.424. The molecule has 0 fully saturated rings. The van der Waals surface area contributed by atoms with Crippen molar-refractivity contribution in [3.63, 3.8) is 0 Å². The van der Waals surface area contributed by atoms with Gasteiger partial charge in [0.1, 0.15) is 11.5 Å². The molecule has 0 spiro atoms. The number of nitrogens with zero attached hydrogens (tertiary/aromatic N) is 1. The Labute approximate surface area is 210 Å². The van der Waals surface area contributed by atoms with E-state index in [1.165, 1.54) is 32.8 Å². The van der Waals surface area contributed by atoms with E-state index >= 15 is 0 Å². The summed E-state index contributed by atoms with van der Waals surface area (Å²) in [6.07, 6.45) is 5.00. The van der Waals surface area contributed by atoms with Gasteiger partial charge in [0.05, 0.1) is 11.1 Å². The average Bonchev–Trinajstić information content (AvgIpc) is 2.71. The van der Waals surface area contributed by atoms with Crippen molar-refractivity contribution in [3.05, 3.63) is 65.4 Å². The second-order valence-electron chi connectivity index (χ2n) is 13.3. The fourth-order valence-electron chi connectivity index (χ4n) is 5.56. The van der Waals surface area contributed by atoms with E-state index in [4.69, 9.17) is 9.72 Å². The quantitative estimate of drug-likeness (QED) is 0.263. The number of aromatic nitrogens is 1. The largest absolute Gasteiger partial charge is 0.456 e. The van der Waals surface area contributed by atoms with Crippen LogP contribution in [0.3, 0.4) is 0 Å². The number of rotatable bonds is 4. The van der Waals surface area contributed by atoms with E-state index in [0.717, 1.165) is 47.4 Å². The van der Waals surface area contributed by atoms with Crippen molar-refractivity contribution in [2.24, 2.45) is 16.7 Å². The Hall–Kier alpha value is -2.87. The molecule has 0 radical (unpaired) electrons. The first-order valence-corrected chi connectivity index (χ1v) is 13.1. The Morgan fingerprint density at radius 1 is 0.800 bits per heavy atom. The maximum Gasteiger partial charge on any atom is 0.140 e. The highest BCUT2D eigenvalue weighted by molar-refractivity contribution is 6.06. The molecule has 0 amide bonds. The lowest BCUT2D eigenvalue weighted by molar-refractivity contribution is 0.398. The number of hydrogen-bond donors (Lipinski definition) is 0. The molecule has 0 aliphatic carbocycles. The molecule has 0 atom stereocenters. The molecule has 1 aliphatic rings. The third kappa shape index (κ3) is 4.81. The van der Waals surface area contributed by atoms with E-state index in [0.29, 0.717) is 5.92 Å². The van der Waals surface area contributed by atoms with Crippen LogP contribution in [0.15, 0.2) is 48.7 Å². The van der Waals surface area contributed by atoms with Crippen LogP contribution in [0.5, 0.6) is 11.5 Å². The summed E-state index contributed by atoms with van der Waals surface area (Å²) in [6, 6.07) is 16.0. The van der Waals surface area contributed by atoms with E-state index in [9.17, 15) is 0 Å². The molecule has 0 bridgehead atoms. The minimum atomic E-state index is 0.135. The number of hydrogen-bond acceptors (Lipinski definition) is 2. The first kappa shape index (κ1) is 23.9. The molecule has 5 rings (SSSR count). The zero-order valence-electron chi connectivity index (χ0n) is 22.7. The molecule has 4 aromatic rings. The molecule has 3 aromatic carbocycles. The predicted octanol–water partition coefficient (Wildman–Crippen LogP) is 9.54. The number of fused-ring (bicyclic) bond motifs is 3. The van der Waals surface area contributed by atoms with Crippen LogP contribution in [0.4, 0.5) is 0 Å². The highest BCUT2D eigenvalue weighted by Crippen LogP contribution is 2.50. The van der Waals surface area contributed by atoms with Crippen molar-refractivity contribution in [2.75, 3.05) is 0 Å². The fourth-order valence-corrected chi connectivity index (χ4v) is 5.56. The number of pyridine rings is 1. The van der Waals surface area contributed by atoms with Crippen LogP contribution in [0.2, 0.25) is 0 Å². The normalized spacial score (nSPS) is 13.4. The van der Waals surface area contributed by atoms with Crippen molar-refractivity contribution >= 4 is 21.5 Å². The van der Waals surface area contributed by atoms with Crippen molar-refractivity contribution in [1.82, 2.24) is 4.98 Å². The molecule has 1 aromatic heterocycles. The Bertz CT molecular complexity index is 1430. The van der Waals surface area contributed by atoms with Gasteiger partial charge in [0.2, 0.25) is 0 Å². The Morgan fingerprint density at radius 3 is 2.20 bits per heavy atom. The van der Waals surface area contributed by atoms with Crippen LogP contribution < -0.4 is 4.74 Å². The van der Waals surface area contributed by atoms with Gasteiger partial charge in [-0.05, 0) is 81.5 Å². The lowest BCUT2D eigenvalue weighted by Crippen LogP contribution is -2.13. The third-order valence-corrected chi connectivity index (χ3v) is 6.70. The number of ether oxygens (including phenoxy) is 1. The second-order valence-corrected chi connectivity index (χ2v) is 13.3. The first-order valence-electron chi connectivity index (χ1n) is 13.1. The van der Waals surface area contributed by atoms with E-state index in [-0.39, 0.29) is 10.8 Å². The van der Waals surface area contributed by atoms with E-state index in [2.05, 4.69) is 97.9 Å². The summed E-state index contributed by atoms with van der Waals surface area (Å²) in [5.41, 5.74) is 6.53. The van der Waals surface area contributed by atoms with Crippen LogP contribution in [-0.2, 0) is 19.3 Å². The van der Waals surface area contributed by atoms with Crippen LogP contribution in [0.25, 0.3) is 32.8 Å². The van der Waals surface area contributed by atoms with E-state index in [1.807, 2.05) is 6.20 Å². The highest BCUT2D eigenvalue weighted by atomic mass is 16.5. The van der Waals surface area contributed by atoms with Crippen LogP contribution in [-0.4, -0.2) is 4.98 Å². The average molecular weight is 466 g/mol.